The van der Waals surface area contributed by atoms with E-state index in [2.05, 4.69) is 239 Å². The van der Waals surface area contributed by atoms with Gasteiger partial charge in [-0.25, -0.2) is 4.98 Å². The Morgan fingerprint density at radius 1 is 0.479 bits per heavy atom. The number of fused-ring (bicyclic) bond motifs is 12. The molecule has 0 fully saturated rings. The number of aromatic nitrogens is 5. The second kappa shape index (κ2) is 16.4. The average molecular weight is 1090 g/mol. The summed E-state index contributed by atoms with van der Waals surface area (Å²) in [6.07, 6.45) is 4.15. The first-order valence-electron chi connectivity index (χ1n) is 23.9. The van der Waals surface area contributed by atoms with Crippen LogP contribution in [0.25, 0.3) is 110 Å². The minimum absolute atomic E-state index is 0. The number of para-hydroxylation sites is 6. The fourth-order valence-electron chi connectivity index (χ4n) is 11.0. The Morgan fingerprint density at radius 2 is 1.06 bits per heavy atom. The number of rotatable bonds is 5. The topological polar surface area (TPSA) is 41.3 Å². The van der Waals surface area contributed by atoms with E-state index in [1.165, 1.54) is 27.4 Å². The van der Waals surface area contributed by atoms with E-state index in [9.17, 15) is 0 Å². The molecular weight excluding hydrogens is 1050 g/mol. The fourth-order valence-corrected chi connectivity index (χ4v) is 11.0. The second-order valence-corrected chi connectivity index (χ2v) is 19.3. The van der Waals surface area contributed by atoms with Gasteiger partial charge in [-0.15, -0.1) is 29.3 Å². The van der Waals surface area contributed by atoms with Gasteiger partial charge in [0.15, 0.2) is 0 Å². The number of pyridine rings is 1. The van der Waals surface area contributed by atoms with Crippen molar-refractivity contribution in [3.63, 3.8) is 0 Å². The standard InChI is InChI=1S/C64H44N5O.Pt/c1-64(2,3)42-35-36-65-60(37-42)68-55-29-10-7-21-47(55)50-34-33-45(39-59(50)68)70-44-20-13-19-43(38-44)66-40-67-61-46(41-17-5-4-6-18-41)24-14-26-53(61)54-27-15-25-51-48-22-8-11-30-56(48)69(62(51)54)57-31-12-9-23-49(57)52-28-16-32-58(66)63(52)67;/h4-37,40H,1-3H3;/q-3;. The molecule has 7 heteroatoms. The average Bonchev–Trinajstić information content (AvgIpc) is 4.07. The Labute approximate surface area is 424 Å². The predicted molar refractivity (Wildman–Crippen MR) is 288 cm³/mol. The first kappa shape index (κ1) is 42.8. The van der Waals surface area contributed by atoms with Crippen LogP contribution in [0.4, 0.5) is 0 Å². The molecule has 0 saturated heterocycles. The predicted octanol–water partition coefficient (Wildman–Crippen LogP) is 16.4. The molecule has 0 spiro atoms. The van der Waals surface area contributed by atoms with Gasteiger partial charge >= 0.3 is 0 Å². The zero-order chi connectivity index (χ0) is 46.7. The molecule has 5 heterocycles. The molecule has 9 aromatic carbocycles. The maximum absolute atomic E-state index is 6.77. The normalized spacial score (nSPS) is 12.0. The smallest absolute Gasteiger partial charge is 0.135 e. The molecule has 3 aromatic heterocycles. The van der Waals surface area contributed by atoms with Crippen molar-refractivity contribution in [1.29, 1.82) is 0 Å². The van der Waals surface area contributed by atoms with E-state index in [-0.39, 0.29) is 26.5 Å². The van der Waals surface area contributed by atoms with Crippen molar-refractivity contribution < 1.29 is 25.8 Å². The molecule has 14 rings (SSSR count). The number of benzene rings is 9. The van der Waals surface area contributed by atoms with Crippen LogP contribution in [-0.2, 0) is 26.5 Å². The van der Waals surface area contributed by atoms with Crippen LogP contribution in [0.15, 0.2) is 213 Å². The molecule has 0 amide bonds. The van der Waals surface area contributed by atoms with Crippen LogP contribution < -0.4 is 4.74 Å². The van der Waals surface area contributed by atoms with Crippen LogP contribution in [0, 0.1) is 12.1 Å². The van der Waals surface area contributed by atoms with Crippen LogP contribution in [-0.4, -0.2) is 23.1 Å². The van der Waals surface area contributed by atoms with Gasteiger partial charge in [0, 0.05) is 66.8 Å². The molecule has 0 bridgehead atoms. The van der Waals surface area contributed by atoms with Crippen molar-refractivity contribution in [2.24, 2.45) is 0 Å². The molecule has 344 valence electrons. The third-order valence-corrected chi connectivity index (χ3v) is 14.2. The summed E-state index contributed by atoms with van der Waals surface area (Å²) in [4.78, 5) is 4.89. The summed E-state index contributed by atoms with van der Waals surface area (Å²) < 4.78 is 16.1. The van der Waals surface area contributed by atoms with Crippen LogP contribution in [0.1, 0.15) is 26.3 Å². The Hall–Kier alpha value is -8.31. The van der Waals surface area contributed by atoms with Gasteiger partial charge in [-0.2, -0.15) is 24.3 Å². The SMILES string of the molecule is CC(C)(C)c1ccnc(-n2c3[c-]c(Oc4[c-]c(-n5[cH-]n6c7c(-c8ccccc8)cccc7c7cccc8c9ccccc9n(c9ccccc9c9cccc5c9-6)c78)ccc4)ccc3c3ccccc32)c1.[Pt]. The van der Waals surface area contributed by atoms with Crippen molar-refractivity contribution in [2.45, 2.75) is 26.2 Å². The van der Waals surface area contributed by atoms with E-state index in [1.54, 1.807) is 0 Å². The molecule has 0 atom stereocenters. The maximum Gasteiger partial charge on any atom is 0.135 e. The Balaban J connectivity index is 0.00000492. The minimum Gasteiger partial charge on any atom is -0.510 e. The van der Waals surface area contributed by atoms with E-state index in [0.29, 0.717) is 11.5 Å². The van der Waals surface area contributed by atoms with Gasteiger partial charge < -0.3 is 22.8 Å². The second-order valence-electron chi connectivity index (χ2n) is 19.3. The molecule has 12 aromatic rings. The monoisotopic (exact) mass is 1090 g/mol. The van der Waals surface area contributed by atoms with E-state index in [4.69, 9.17) is 9.72 Å². The van der Waals surface area contributed by atoms with E-state index < -0.39 is 0 Å². The summed E-state index contributed by atoms with van der Waals surface area (Å²) in [5.41, 5.74) is 13.0. The van der Waals surface area contributed by atoms with Gasteiger partial charge in [-0.1, -0.05) is 166 Å². The minimum atomic E-state index is -0.0371. The van der Waals surface area contributed by atoms with E-state index >= 15 is 0 Å². The Kier molecular flexibility index (Phi) is 9.88. The molecule has 0 N–H and O–H groups in total. The van der Waals surface area contributed by atoms with Gasteiger partial charge in [-0.3, -0.25) is 0 Å². The zero-order valence-corrected chi connectivity index (χ0v) is 41.4. The number of ether oxygens (including phenoxy) is 1. The number of imidazole rings is 1. The van der Waals surface area contributed by atoms with Crippen LogP contribution in [0.3, 0.4) is 0 Å². The van der Waals surface area contributed by atoms with Crippen molar-refractivity contribution in [1.82, 2.24) is 23.1 Å². The zero-order valence-electron chi connectivity index (χ0n) is 39.2. The molecule has 0 unspecified atom stereocenters. The van der Waals surface area contributed by atoms with Crippen LogP contribution >= 0.6 is 0 Å². The summed E-state index contributed by atoms with van der Waals surface area (Å²) in [7, 11) is 0. The third kappa shape index (κ3) is 6.66. The molecule has 0 radical (unpaired) electrons. The molecule has 71 heavy (non-hydrogen) atoms. The first-order chi connectivity index (χ1) is 34.4. The molecule has 2 aliphatic heterocycles. The number of hydrogen-bond donors (Lipinski definition) is 0. The molecular formula is C64H44N5OPt-3. The Bertz CT molecular complexity index is 4440. The molecule has 2 aliphatic rings. The van der Waals surface area contributed by atoms with Crippen molar-refractivity contribution >= 4 is 81.7 Å². The fraction of sp³-hybridized carbons (Fsp3) is 0.0625. The molecule has 0 aliphatic carbocycles. The summed E-state index contributed by atoms with van der Waals surface area (Å²) in [6.45, 7) is 6.69. The van der Waals surface area contributed by atoms with Gasteiger partial charge in [0.05, 0.1) is 16.6 Å². The van der Waals surface area contributed by atoms with Gasteiger partial charge in [0.25, 0.3) is 0 Å². The van der Waals surface area contributed by atoms with Crippen molar-refractivity contribution in [3.05, 3.63) is 230 Å². The summed E-state index contributed by atoms with van der Waals surface area (Å²) in [5.74, 6) is 2.02. The Morgan fingerprint density at radius 3 is 1.82 bits per heavy atom. The number of nitrogens with zero attached hydrogens (tertiary/aromatic N) is 5. The van der Waals surface area contributed by atoms with Gasteiger partial charge in [0.1, 0.15) is 5.82 Å². The van der Waals surface area contributed by atoms with Crippen LogP contribution in [0.5, 0.6) is 11.5 Å². The quantitative estimate of drug-likeness (QED) is 0.161. The van der Waals surface area contributed by atoms with Crippen molar-refractivity contribution in [2.75, 3.05) is 0 Å². The molecule has 6 nitrogen and oxygen atoms in total. The van der Waals surface area contributed by atoms with Crippen LogP contribution in [0.2, 0.25) is 0 Å². The van der Waals surface area contributed by atoms with E-state index in [0.717, 1.165) is 88.2 Å². The summed E-state index contributed by atoms with van der Waals surface area (Å²) >= 11 is 0. The molecule has 0 saturated carbocycles. The van der Waals surface area contributed by atoms with E-state index in [1.807, 2.05) is 24.4 Å². The van der Waals surface area contributed by atoms with Gasteiger partial charge in [0.2, 0.25) is 0 Å². The van der Waals surface area contributed by atoms with Gasteiger partial charge in [-0.05, 0) is 90.7 Å². The summed E-state index contributed by atoms with van der Waals surface area (Å²) in [5, 5.41) is 9.23. The summed E-state index contributed by atoms with van der Waals surface area (Å²) in [6, 6.07) is 79.0. The third-order valence-electron chi connectivity index (χ3n) is 14.2. The first-order valence-corrected chi connectivity index (χ1v) is 23.9. The maximum atomic E-state index is 6.77. The van der Waals surface area contributed by atoms with Crippen molar-refractivity contribution in [3.8, 4) is 39.8 Å². The number of hydrogen-bond acceptors (Lipinski definition) is 2. The largest absolute Gasteiger partial charge is 0.510 e.